The third-order valence-corrected chi connectivity index (χ3v) is 4.58. The molecule has 2 aromatic carbocycles. The number of carbonyl (C=O) groups is 1. The van der Waals surface area contributed by atoms with Crippen LogP contribution in [0, 0.1) is 13.8 Å². The van der Waals surface area contributed by atoms with Crippen molar-refractivity contribution in [2.45, 2.75) is 20.4 Å². The van der Waals surface area contributed by atoms with Crippen LogP contribution in [0.4, 0.5) is 0 Å². The predicted molar refractivity (Wildman–Crippen MR) is 102 cm³/mol. The average Bonchev–Trinajstić information content (AvgIpc) is 3.01. The first-order valence-electron chi connectivity index (χ1n) is 8.92. The van der Waals surface area contributed by atoms with Crippen LogP contribution < -0.4 is 14.8 Å². The minimum absolute atomic E-state index is 0.137. The molecule has 0 atom stereocenters. The van der Waals surface area contributed by atoms with E-state index in [2.05, 4.69) is 10.4 Å². The van der Waals surface area contributed by atoms with E-state index in [0.717, 1.165) is 28.4 Å². The molecule has 0 aliphatic carbocycles. The van der Waals surface area contributed by atoms with Gasteiger partial charge < -0.3 is 14.8 Å². The Balaban J connectivity index is 1.51. The number of aromatic nitrogens is 2. The molecule has 0 radical (unpaired) electrons. The van der Waals surface area contributed by atoms with E-state index in [1.165, 1.54) is 0 Å². The number of rotatable bonds is 4. The highest BCUT2D eigenvalue weighted by atomic mass is 16.6. The van der Waals surface area contributed by atoms with Crippen LogP contribution in [0.1, 0.15) is 27.3 Å². The van der Waals surface area contributed by atoms with Crippen LogP contribution in [0.15, 0.2) is 48.5 Å². The van der Waals surface area contributed by atoms with E-state index in [4.69, 9.17) is 9.47 Å². The molecule has 3 aromatic rings. The summed E-state index contributed by atoms with van der Waals surface area (Å²) in [4.78, 5) is 12.8. The van der Waals surface area contributed by atoms with Crippen molar-refractivity contribution in [2.24, 2.45) is 0 Å². The normalized spacial score (nSPS) is 12.7. The number of para-hydroxylation sites is 1. The maximum Gasteiger partial charge on any atom is 0.255 e. The van der Waals surface area contributed by atoms with Crippen LogP contribution in [0.25, 0.3) is 5.69 Å². The molecule has 0 bridgehead atoms. The quantitative estimate of drug-likeness (QED) is 0.773. The Morgan fingerprint density at radius 1 is 1.07 bits per heavy atom. The number of ether oxygens (including phenoxy) is 2. The molecule has 6 heteroatoms. The summed E-state index contributed by atoms with van der Waals surface area (Å²) in [5, 5.41) is 7.51. The van der Waals surface area contributed by atoms with Gasteiger partial charge in [0.25, 0.3) is 5.91 Å². The first kappa shape index (κ1) is 17.1. The van der Waals surface area contributed by atoms with Crippen molar-refractivity contribution in [1.82, 2.24) is 15.1 Å². The highest BCUT2D eigenvalue weighted by Crippen LogP contribution is 2.30. The van der Waals surface area contributed by atoms with E-state index in [9.17, 15) is 4.79 Å². The molecule has 27 heavy (non-hydrogen) atoms. The zero-order chi connectivity index (χ0) is 18.8. The van der Waals surface area contributed by atoms with Crippen molar-refractivity contribution < 1.29 is 14.3 Å². The maximum absolute atomic E-state index is 12.8. The van der Waals surface area contributed by atoms with Gasteiger partial charge in [-0.05, 0) is 43.7 Å². The van der Waals surface area contributed by atoms with E-state index >= 15 is 0 Å². The number of aryl methyl sites for hydroxylation is 1. The molecule has 1 aliphatic rings. The largest absolute Gasteiger partial charge is 0.486 e. The third-order valence-electron chi connectivity index (χ3n) is 4.58. The topological polar surface area (TPSA) is 65.4 Å². The lowest BCUT2D eigenvalue weighted by Gasteiger charge is -2.19. The van der Waals surface area contributed by atoms with Crippen molar-refractivity contribution in [3.8, 4) is 17.2 Å². The van der Waals surface area contributed by atoms with Gasteiger partial charge >= 0.3 is 0 Å². The van der Waals surface area contributed by atoms with Gasteiger partial charge in [-0.15, -0.1) is 0 Å². The van der Waals surface area contributed by atoms with Crippen molar-refractivity contribution in [3.63, 3.8) is 0 Å². The molecule has 1 aromatic heterocycles. The Morgan fingerprint density at radius 3 is 2.59 bits per heavy atom. The average molecular weight is 363 g/mol. The number of hydrogen-bond donors (Lipinski definition) is 1. The maximum atomic E-state index is 12.8. The second-order valence-corrected chi connectivity index (χ2v) is 6.45. The SMILES string of the molecule is Cc1nn(-c2ccccc2)c(C)c1C(=O)NCc1ccc2c(c1)OCCO2. The highest BCUT2D eigenvalue weighted by molar-refractivity contribution is 5.96. The van der Waals surface area contributed by atoms with Crippen LogP contribution >= 0.6 is 0 Å². The Kier molecular flexibility index (Phi) is 4.54. The standard InChI is InChI=1S/C21H21N3O3/c1-14-20(15(2)24(23-14)17-6-4-3-5-7-17)21(25)22-13-16-8-9-18-19(12-16)27-11-10-26-18/h3-9,12H,10-11,13H2,1-2H3,(H,22,25). The molecule has 138 valence electrons. The Hall–Kier alpha value is -3.28. The predicted octanol–water partition coefficient (Wildman–Crippen LogP) is 3.19. The number of fused-ring (bicyclic) bond motifs is 1. The fourth-order valence-corrected chi connectivity index (χ4v) is 3.26. The zero-order valence-corrected chi connectivity index (χ0v) is 15.4. The van der Waals surface area contributed by atoms with Gasteiger partial charge in [-0.25, -0.2) is 4.68 Å². The lowest BCUT2D eigenvalue weighted by molar-refractivity contribution is 0.0949. The molecular weight excluding hydrogens is 342 g/mol. The monoisotopic (exact) mass is 363 g/mol. The van der Waals surface area contributed by atoms with Crippen LogP contribution in [0.5, 0.6) is 11.5 Å². The van der Waals surface area contributed by atoms with Crippen LogP contribution in [-0.4, -0.2) is 28.9 Å². The van der Waals surface area contributed by atoms with Crippen molar-refractivity contribution in [1.29, 1.82) is 0 Å². The number of amides is 1. The summed E-state index contributed by atoms with van der Waals surface area (Å²) in [6.07, 6.45) is 0. The van der Waals surface area contributed by atoms with E-state index in [-0.39, 0.29) is 5.91 Å². The fourth-order valence-electron chi connectivity index (χ4n) is 3.26. The van der Waals surface area contributed by atoms with E-state index in [0.29, 0.717) is 31.0 Å². The molecule has 2 heterocycles. The molecule has 0 saturated carbocycles. The number of nitrogens with zero attached hydrogens (tertiary/aromatic N) is 2. The van der Waals surface area contributed by atoms with E-state index < -0.39 is 0 Å². The second-order valence-electron chi connectivity index (χ2n) is 6.45. The van der Waals surface area contributed by atoms with Crippen LogP contribution in [0.2, 0.25) is 0 Å². The van der Waals surface area contributed by atoms with Gasteiger partial charge in [0.2, 0.25) is 0 Å². The molecule has 0 unspecified atom stereocenters. The number of benzene rings is 2. The number of hydrogen-bond acceptors (Lipinski definition) is 4. The van der Waals surface area contributed by atoms with Gasteiger partial charge in [0.15, 0.2) is 11.5 Å². The molecule has 0 fully saturated rings. The molecule has 1 N–H and O–H groups in total. The van der Waals surface area contributed by atoms with Crippen molar-refractivity contribution in [2.75, 3.05) is 13.2 Å². The number of nitrogens with one attached hydrogen (secondary N) is 1. The summed E-state index contributed by atoms with van der Waals surface area (Å²) in [7, 11) is 0. The summed E-state index contributed by atoms with van der Waals surface area (Å²) in [5.41, 5.74) is 4.02. The molecule has 4 rings (SSSR count). The number of carbonyl (C=O) groups excluding carboxylic acids is 1. The molecular formula is C21H21N3O3. The van der Waals surface area contributed by atoms with Gasteiger partial charge in [0.05, 0.1) is 22.6 Å². The lowest BCUT2D eigenvalue weighted by Crippen LogP contribution is -2.24. The summed E-state index contributed by atoms with van der Waals surface area (Å²) in [6.45, 7) is 5.27. The van der Waals surface area contributed by atoms with E-state index in [1.54, 1.807) is 4.68 Å². The Bertz CT molecular complexity index is 980. The van der Waals surface area contributed by atoms with Gasteiger partial charge in [0, 0.05) is 6.54 Å². The van der Waals surface area contributed by atoms with Gasteiger partial charge in [0.1, 0.15) is 13.2 Å². The lowest BCUT2D eigenvalue weighted by atomic mass is 10.1. The molecule has 6 nitrogen and oxygen atoms in total. The summed E-state index contributed by atoms with van der Waals surface area (Å²) in [6, 6.07) is 15.5. The smallest absolute Gasteiger partial charge is 0.255 e. The fraction of sp³-hybridized carbons (Fsp3) is 0.238. The third kappa shape index (κ3) is 3.38. The highest BCUT2D eigenvalue weighted by Gasteiger charge is 2.19. The van der Waals surface area contributed by atoms with Crippen molar-refractivity contribution >= 4 is 5.91 Å². The minimum Gasteiger partial charge on any atom is -0.486 e. The minimum atomic E-state index is -0.137. The zero-order valence-electron chi connectivity index (χ0n) is 15.4. The van der Waals surface area contributed by atoms with E-state index in [1.807, 2.05) is 62.4 Å². The Labute approximate surface area is 157 Å². The van der Waals surface area contributed by atoms with Gasteiger partial charge in [-0.2, -0.15) is 5.10 Å². The molecule has 0 saturated heterocycles. The van der Waals surface area contributed by atoms with Crippen LogP contribution in [-0.2, 0) is 6.54 Å². The second kappa shape index (κ2) is 7.15. The molecule has 1 aliphatic heterocycles. The van der Waals surface area contributed by atoms with Crippen molar-refractivity contribution in [3.05, 3.63) is 71.0 Å². The Morgan fingerprint density at radius 2 is 1.81 bits per heavy atom. The first-order valence-corrected chi connectivity index (χ1v) is 8.92. The van der Waals surface area contributed by atoms with Gasteiger partial charge in [-0.3, -0.25) is 4.79 Å². The summed E-state index contributed by atoms with van der Waals surface area (Å²) < 4.78 is 12.9. The molecule has 1 amide bonds. The summed E-state index contributed by atoms with van der Waals surface area (Å²) in [5.74, 6) is 1.33. The first-order chi connectivity index (χ1) is 13.1. The van der Waals surface area contributed by atoms with Gasteiger partial charge in [-0.1, -0.05) is 24.3 Å². The molecule has 0 spiro atoms. The summed E-state index contributed by atoms with van der Waals surface area (Å²) >= 11 is 0. The van der Waals surface area contributed by atoms with Crippen LogP contribution in [0.3, 0.4) is 0 Å².